The maximum absolute atomic E-state index is 12.2. The van der Waals surface area contributed by atoms with Crippen molar-refractivity contribution in [1.82, 2.24) is 4.57 Å². The van der Waals surface area contributed by atoms with Gasteiger partial charge in [-0.25, -0.2) is 0 Å². The minimum atomic E-state index is -0.204. The van der Waals surface area contributed by atoms with E-state index in [0.717, 1.165) is 17.5 Å². The maximum atomic E-state index is 12.2. The van der Waals surface area contributed by atoms with Crippen molar-refractivity contribution in [3.05, 3.63) is 94.0 Å². The predicted molar refractivity (Wildman–Crippen MR) is 170 cm³/mol. The summed E-state index contributed by atoms with van der Waals surface area (Å²) < 4.78 is 2.54. The highest BCUT2D eigenvalue weighted by molar-refractivity contribution is 6.12. The highest BCUT2D eigenvalue weighted by atomic mass is 16.1. The molecule has 1 heterocycles. The van der Waals surface area contributed by atoms with Crippen LogP contribution in [0.25, 0.3) is 44.1 Å². The van der Waals surface area contributed by atoms with Gasteiger partial charge in [-0.3, -0.25) is 9.59 Å². The van der Waals surface area contributed by atoms with Crippen molar-refractivity contribution >= 4 is 33.4 Å². The van der Waals surface area contributed by atoms with Gasteiger partial charge in [0.1, 0.15) is 0 Å². The zero-order valence-electron chi connectivity index (χ0n) is 25.3. The lowest BCUT2D eigenvalue weighted by atomic mass is 9.80. The molecule has 0 saturated carbocycles. The van der Waals surface area contributed by atoms with Crippen molar-refractivity contribution < 1.29 is 9.59 Å². The van der Waals surface area contributed by atoms with Crippen molar-refractivity contribution in [1.29, 1.82) is 0 Å². The summed E-state index contributed by atoms with van der Waals surface area (Å²) in [5, 5.41) is 2.57. The SMILES string of the molecule is CCC(C)n1c2cc3c(cc2c2cc4c(cc21)-c1ccc(C(C)=O)cc1C4(C)C)C(C)(C)c1cc(C(C)=O)ccc1-3. The largest absolute Gasteiger partial charge is 0.338 e. The number of carbonyl (C=O) groups excluding carboxylic acids is 2. The summed E-state index contributed by atoms with van der Waals surface area (Å²) in [6.45, 7) is 17.0. The molecule has 0 spiro atoms. The Labute approximate surface area is 242 Å². The van der Waals surface area contributed by atoms with Crippen LogP contribution in [0.15, 0.2) is 60.7 Å². The van der Waals surface area contributed by atoms with Gasteiger partial charge in [-0.2, -0.15) is 0 Å². The highest BCUT2D eigenvalue weighted by Crippen LogP contribution is 2.54. The Hall–Kier alpha value is -3.98. The van der Waals surface area contributed by atoms with Crippen LogP contribution in [-0.2, 0) is 10.8 Å². The third-order valence-electron chi connectivity index (χ3n) is 10.2. The molecular formula is C38H37NO2. The fourth-order valence-electron chi connectivity index (χ4n) is 7.59. The van der Waals surface area contributed by atoms with Crippen molar-refractivity contribution in [3.63, 3.8) is 0 Å². The van der Waals surface area contributed by atoms with E-state index in [1.54, 1.807) is 13.8 Å². The van der Waals surface area contributed by atoms with Gasteiger partial charge in [-0.1, -0.05) is 58.9 Å². The van der Waals surface area contributed by atoms with Gasteiger partial charge in [0.15, 0.2) is 11.6 Å². The van der Waals surface area contributed by atoms with Crippen LogP contribution in [-0.4, -0.2) is 16.1 Å². The van der Waals surface area contributed by atoms with Gasteiger partial charge in [-0.05, 0) is 108 Å². The smallest absolute Gasteiger partial charge is 0.159 e. The molecule has 0 radical (unpaired) electrons. The molecule has 4 aromatic carbocycles. The molecule has 0 amide bonds. The van der Waals surface area contributed by atoms with Crippen LogP contribution < -0.4 is 0 Å². The molecule has 41 heavy (non-hydrogen) atoms. The van der Waals surface area contributed by atoms with Crippen LogP contribution in [0, 0.1) is 0 Å². The molecule has 2 aliphatic carbocycles. The predicted octanol–water partition coefficient (Wildman–Crippen LogP) is 9.78. The Morgan fingerprint density at radius 1 is 0.634 bits per heavy atom. The second-order valence-electron chi connectivity index (χ2n) is 13.3. The van der Waals surface area contributed by atoms with Crippen LogP contribution in [0.5, 0.6) is 0 Å². The molecule has 0 bridgehead atoms. The lowest BCUT2D eigenvalue weighted by molar-refractivity contribution is 0.100. The molecule has 2 aliphatic rings. The maximum Gasteiger partial charge on any atom is 0.159 e. The first-order chi connectivity index (χ1) is 19.4. The number of carbonyl (C=O) groups is 2. The van der Waals surface area contributed by atoms with Crippen molar-refractivity contribution in [2.24, 2.45) is 0 Å². The minimum Gasteiger partial charge on any atom is -0.338 e. The highest BCUT2D eigenvalue weighted by Gasteiger charge is 2.39. The number of hydrogen-bond donors (Lipinski definition) is 0. The van der Waals surface area contributed by atoms with Crippen molar-refractivity contribution in [2.75, 3.05) is 0 Å². The van der Waals surface area contributed by atoms with E-state index in [1.807, 2.05) is 12.1 Å². The van der Waals surface area contributed by atoms with Crippen LogP contribution in [0.1, 0.15) is 111 Å². The summed E-state index contributed by atoms with van der Waals surface area (Å²) in [5.74, 6) is 0.207. The summed E-state index contributed by atoms with van der Waals surface area (Å²) in [6.07, 6.45) is 1.03. The number of fused-ring (bicyclic) bond motifs is 9. The van der Waals surface area contributed by atoms with Gasteiger partial charge in [0, 0.05) is 49.8 Å². The summed E-state index contributed by atoms with van der Waals surface area (Å²) in [4.78, 5) is 24.5. The van der Waals surface area contributed by atoms with Crippen LogP contribution in [0.2, 0.25) is 0 Å². The van der Waals surface area contributed by atoms with E-state index in [9.17, 15) is 9.59 Å². The molecule has 3 heteroatoms. The summed E-state index contributed by atoms with van der Waals surface area (Å²) in [6, 6.07) is 22.4. The monoisotopic (exact) mass is 539 g/mol. The van der Waals surface area contributed by atoms with Crippen molar-refractivity contribution in [2.45, 2.75) is 78.7 Å². The zero-order chi connectivity index (χ0) is 29.2. The number of ketones is 2. The van der Waals surface area contributed by atoms with Gasteiger partial charge >= 0.3 is 0 Å². The number of hydrogen-bond acceptors (Lipinski definition) is 2. The van der Waals surface area contributed by atoms with E-state index < -0.39 is 0 Å². The molecule has 5 aromatic rings. The number of rotatable bonds is 4. The van der Waals surface area contributed by atoms with Crippen LogP contribution in [0.4, 0.5) is 0 Å². The van der Waals surface area contributed by atoms with Crippen LogP contribution >= 0.6 is 0 Å². The first-order valence-electron chi connectivity index (χ1n) is 14.8. The lowest BCUT2D eigenvalue weighted by Crippen LogP contribution is -2.15. The number of Topliss-reactive ketones (excluding diaryl/α,β-unsaturated/α-hetero) is 2. The van der Waals surface area contributed by atoms with E-state index in [-0.39, 0.29) is 22.4 Å². The Bertz CT molecular complexity index is 1860. The molecule has 1 unspecified atom stereocenters. The molecule has 206 valence electrons. The Morgan fingerprint density at radius 2 is 1.02 bits per heavy atom. The van der Waals surface area contributed by atoms with E-state index in [2.05, 4.69) is 94.6 Å². The Balaban J connectivity index is 1.55. The first kappa shape index (κ1) is 26.0. The third-order valence-corrected chi connectivity index (χ3v) is 10.2. The molecule has 7 rings (SSSR count). The minimum absolute atomic E-state index is 0.104. The molecular weight excluding hydrogens is 502 g/mol. The van der Waals surface area contributed by atoms with E-state index >= 15 is 0 Å². The Kier molecular flexibility index (Phi) is 5.24. The fraction of sp³-hybridized carbons (Fsp3) is 0.316. The average molecular weight is 540 g/mol. The van der Waals surface area contributed by atoms with Gasteiger partial charge in [0.25, 0.3) is 0 Å². The van der Waals surface area contributed by atoms with Crippen molar-refractivity contribution in [3.8, 4) is 22.3 Å². The molecule has 0 fully saturated rings. The number of benzene rings is 4. The quantitative estimate of drug-likeness (QED) is 0.213. The molecule has 0 N–H and O–H groups in total. The summed E-state index contributed by atoms with van der Waals surface area (Å²) in [5.41, 5.74) is 13.8. The van der Waals surface area contributed by atoms with Gasteiger partial charge in [0.2, 0.25) is 0 Å². The standard InChI is InChI=1S/C38H37NO2/c1-9-20(2)39-35-18-27-25-12-10-23(21(3)40)14-31(25)37(5,6)33(27)16-29(35)30-17-34-28(19-36(30)39)26-13-11-24(22(4)41)15-32(26)38(34,7)8/h10-20H,9H2,1-8H3. The topological polar surface area (TPSA) is 39.1 Å². The second kappa shape index (κ2) is 8.28. The Morgan fingerprint density at radius 3 is 1.39 bits per heavy atom. The van der Waals surface area contributed by atoms with Gasteiger partial charge in [-0.15, -0.1) is 0 Å². The molecule has 0 saturated heterocycles. The van der Waals surface area contributed by atoms with Crippen LogP contribution in [0.3, 0.4) is 0 Å². The molecule has 1 atom stereocenters. The second-order valence-corrected chi connectivity index (χ2v) is 13.3. The molecule has 0 aliphatic heterocycles. The summed E-state index contributed by atoms with van der Waals surface area (Å²) in [7, 11) is 0. The average Bonchev–Trinajstić information content (AvgIpc) is 3.46. The normalized spacial score (nSPS) is 16.4. The first-order valence-corrected chi connectivity index (χ1v) is 14.8. The van der Waals surface area contributed by atoms with E-state index in [0.29, 0.717) is 6.04 Å². The fourth-order valence-corrected chi connectivity index (χ4v) is 7.59. The van der Waals surface area contributed by atoms with Gasteiger partial charge in [0.05, 0.1) is 0 Å². The zero-order valence-corrected chi connectivity index (χ0v) is 25.3. The molecule has 3 nitrogen and oxygen atoms in total. The summed E-state index contributed by atoms with van der Waals surface area (Å²) >= 11 is 0. The van der Waals surface area contributed by atoms with Gasteiger partial charge < -0.3 is 4.57 Å². The van der Waals surface area contributed by atoms with E-state index in [4.69, 9.17) is 0 Å². The number of nitrogens with zero attached hydrogens (tertiary/aromatic N) is 1. The number of aromatic nitrogens is 1. The molecule has 1 aromatic heterocycles. The van der Waals surface area contributed by atoms with E-state index in [1.165, 1.54) is 66.3 Å². The lowest BCUT2D eigenvalue weighted by Gasteiger charge is -2.22. The third kappa shape index (κ3) is 3.32.